The highest BCUT2D eigenvalue weighted by Gasteiger charge is 2.25. The normalized spacial score (nSPS) is 13.5. The zero-order valence-electron chi connectivity index (χ0n) is 9.50. The first-order valence-corrected chi connectivity index (χ1v) is 7.34. The minimum absolute atomic E-state index is 0.0392. The van der Waals surface area contributed by atoms with E-state index in [0.29, 0.717) is 11.4 Å². The van der Waals surface area contributed by atoms with Crippen molar-refractivity contribution in [3.05, 3.63) is 11.2 Å². The van der Waals surface area contributed by atoms with Crippen molar-refractivity contribution in [2.45, 2.75) is 36.9 Å². The molecule has 0 saturated heterocycles. The summed E-state index contributed by atoms with van der Waals surface area (Å²) in [6.45, 7) is 3.48. The van der Waals surface area contributed by atoms with Crippen LogP contribution in [0.2, 0.25) is 0 Å². The van der Waals surface area contributed by atoms with Gasteiger partial charge in [-0.1, -0.05) is 13.3 Å². The molecule has 1 heterocycles. The van der Waals surface area contributed by atoms with Crippen LogP contribution in [-0.4, -0.2) is 30.5 Å². The fourth-order valence-electron chi connectivity index (χ4n) is 1.23. The second-order valence-corrected chi connectivity index (χ2v) is 6.67. The molecule has 0 aliphatic heterocycles. The number of carbonyl (C=O) groups is 1. The van der Waals surface area contributed by atoms with E-state index >= 15 is 0 Å². The van der Waals surface area contributed by atoms with Crippen LogP contribution >= 0.6 is 11.3 Å². The van der Waals surface area contributed by atoms with E-state index in [0.717, 1.165) is 11.3 Å². The smallest absolute Gasteiger partial charge is 0.321 e. The minimum atomic E-state index is -3.78. The van der Waals surface area contributed by atoms with Crippen LogP contribution in [0.15, 0.2) is 10.4 Å². The van der Waals surface area contributed by atoms with Crippen LogP contribution in [0.4, 0.5) is 0 Å². The number of hydrogen-bond acceptors (Lipinski definition) is 5. The maximum atomic E-state index is 11.8. The molecule has 0 spiro atoms. The second-order valence-electron chi connectivity index (χ2n) is 3.50. The number of nitrogens with one attached hydrogen (secondary N) is 1. The quantitative estimate of drug-likeness (QED) is 0.808. The topological polar surface area (TPSA) is 96.4 Å². The van der Waals surface area contributed by atoms with Gasteiger partial charge in [0.2, 0.25) is 0 Å². The van der Waals surface area contributed by atoms with Crippen LogP contribution in [0.1, 0.15) is 24.8 Å². The molecule has 0 fully saturated rings. The first-order valence-electron chi connectivity index (χ1n) is 5.04. The monoisotopic (exact) mass is 278 g/mol. The molecule has 0 unspecified atom stereocenters. The van der Waals surface area contributed by atoms with Crippen molar-refractivity contribution in [3.8, 4) is 0 Å². The van der Waals surface area contributed by atoms with Gasteiger partial charge in [0.15, 0.2) is 4.21 Å². The fraction of sp³-hybridized carbons (Fsp3) is 0.556. The third kappa shape index (κ3) is 3.76. The molecule has 0 saturated carbocycles. The summed E-state index contributed by atoms with van der Waals surface area (Å²) in [6, 6.07) is -1.09. The van der Waals surface area contributed by atoms with Gasteiger partial charge in [0.25, 0.3) is 10.0 Å². The standard InChI is InChI=1S/C9H14N2O4S2/c1-3-4-7(9(12)13)11-17(14,15)8-5-10-6(2)16-8/h5,7,11H,3-4H2,1-2H3,(H,12,13)/t7-/m1/s1. The number of aromatic nitrogens is 1. The molecule has 8 heteroatoms. The van der Waals surface area contributed by atoms with Gasteiger partial charge in [0.05, 0.1) is 11.2 Å². The SMILES string of the molecule is CCC[C@@H](NS(=O)(=O)c1cnc(C)s1)C(=O)O. The molecule has 1 atom stereocenters. The Labute approximate surface area is 104 Å². The van der Waals surface area contributed by atoms with Crippen molar-refractivity contribution in [2.75, 3.05) is 0 Å². The van der Waals surface area contributed by atoms with E-state index in [4.69, 9.17) is 5.11 Å². The van der Waals surface area contributed by atoms with Crippen molar-refractivity contribution in [2.24, 2.45) is 0 Å². The number of aliphatic carboxylic acids is 1. The van der Waals surface area contributed by atoms with Crippen molar-refractivity contribution >= 4 is 27.3 Å². The number of aryl methyl sites for hydroxylation is 1. The first kappa shape index (κ1) is 14.1. The predicted octanol–water partition coefficient (Wildman–Crippen LogP) is 0.983. The maximum Gasteiger partial charge on any atom is 0.321 e. The van der Waals surface area contributed by atoms with E-state index in [-0.39, 0.29) is 10.6 Å². The molecule has 1 aromatic heterocycles. The summed E-state index contributed by atoms with van der Waals surface area (Å²) in [5.41, 5.74) is 0. The molecule has 0 amide bonds. The van der Waals surface area contributed by atoms with Gasteiger partial charge in [0, 0.05) is 0 Å². The molecule has 1 aromatic rings. The Kier molecular flexibility index (Phi) is 4.61. The van der Waals surface area contributed by atoms with Gasteiger partial charge in [-0.3, -0.25) is 4.79 Å². The van der Waals surface area contributed by atoms with Crippen LogP contribution < -0.4 is 4.72 Å². The average molecular weight is 278 g/mol. The Morgan fingerprint density at radius 2 is 2.29 bits per heavy atom. The summed E-state index contributed by atoms with van der Waals surface area (Å²) in [5.74, 6) is -1.17. The highest BCUT2D eigenvalue weighted by molar-refractivity contribution is 7.91. The van der Waals surface area contributed by atoms with Crippen LogP contribution in [0.3, 0.4) is 0 Å². The van der Waals surface area contributed by atoms with Crippen LogP contribution in [0, 0.1) is 6.92 Å². The van der Waals surface area contributed by atoms with Gasteiger partial charge >= 0.3 is 5.97 Å². The largest absolute Gasteiger partial charge is 0.480 e. The van der Waals surface area contributed by atoms with Crippen LogP contribution in [-0.2, 0) is 14.8 Å². The zero-order chi connectivity index (χ0) is 13.1. The molecule has 96 valence electrons. The first-order chi connectivity index (χ1) is 7.86. The Morgan fingerprint density at radius 1 is 1.65 bits per heavy atom. The Balaban J connectivity index is 2.88. The van der Waals surface area contributed by atoms with Gasteiger partial charge < -0.3 is 5.11 Å². The molecular formula is C9H14N2O4S2. The lowest BCUT2D eigenvalue weighted by Crippen LogP contribution is -2.40. The fourth-order valence-corrected chi connectivity index (χ4v) is 3.58. The van der Waals surface area contributed by atoms with Gasteiger partial charge in [0.1, 0.15) is 6.04 Å². The number of rotatable bonds is 6. The van der Waals surface area contributed by atoms with E-state index in [1.807, 2.05) is 0 Å². The van der Waals surface area contributed by atoms with Crippen molar-refractivity contribution in [1.82, 2.24) is 9.71 Å². The number of carboxylic acid groups (broad SMARTS) is 1. The second kappa shape index (κ2) is 5.56. The molecule has 0 bridgehead atoms. The van der Waals surface area contributed by atoms with E-state index in [1.165, 1.54) is 6.20 Å². The Hall–Kier alpha value is -0.990. The number of hydrogen-bond donors (Lipinski definition) is 2. The number of nitrogens with zero attached hydrogens (tertiary/aromatic N) is 1. The molecule has 1 rings (SSSR count). The van der Waals surface area contributed by atoms with Gasteiger partial charge in [-0.2, -0.15) is 4.72 Å². The number of sulfonamides is 1. The van der Waals surface area contributed by atoms with E-state index in [1.54, 1.807) is 13.8 Å². The summed E-state index contributed by atoms with van der Waals surface area (Å²) in [6.07, 6.45) is 2.07. The lowest BCUT2D eigenvalue weighted by atomic mass is 10.2. The van der Waals surface area contributed by atoms with E-state index in [2.05, 4.69) is 9.71 Å². The minimum Gasteiger partial charge on any atom is -0.480 e. The Morgan fingerprint density at radius 3 is 2.71 bits per heavy atom. The molecule has 17 heavy (non-hydrogen) atoms. The third-order valence-corrected chi connectivity index (χ3v) is 4.88. The summed E-state index contributed by atoms with van der Waals surface area (Å²) in [4.78, 5) is 14.7. The summed E-state index contributed by atoms with van der Waals surface area (Å²) in [5, 5.41) is 9.50. The summed E-state index contributed by atoms with van der Waals surface area (Å²) < 4.78 is 25.9. The zero-order valence-corrected chi connectivity index (χ0v) is 11.1. The van der Waals surface area contributed by atoms with Gasteiger partial charge in [-0.05, 0) is 13.3 Å². The molecular weight excluding hydrogens is 264 g/mol. The highest BCUT2D eigenvalue weighted by Crippen LogP contribution is 2.18. The van der Waals surface area contributed by atoms with Crippen molar-refractivity contribution in [3.63, 3.8) is 0 Å². The number of thiazole rings is 1. The van der Waals surface area contributed by atoms with Crippen molar-refractivity contribution < 1.29 is 18.3 Å². The highest BCUT2D eigenvalue weighted by atomic mass is 32.2. The van der Waals surface area contributed by atoms with Crippen molar-refractivity contribution in [1.29, 1.82) is 0 Å². The van der Waals surface area contributed by atoms with Gasteiger partial charge in [-0.25, -0.2) is 13.4 Å². The lowest BCUT2D eigenvalue weighted by molar-refractivity contribution is -0.139. The molecule has 6 nitrogen and oxygen atoms in total. The summed E-state index contributed by atoms with van der Waals surface area (Å²) >= 11 is 1.01. The molecule has 0 aromatic carbocycles. The van der Waals surface area contributed by atoms with Crippen LogP contribution in [0.25, 0.3) is 0 Å². The molecule has 2 N–H and O–H groups in total. The van der Waals surface area contributed by atoms with Gasteiger partial charge in [-0.15, -0.1) is 11.3 Å². The Bertz CT molecular complexity index is 495. The predicted molar refractivity (Wildman–Crippen MR) is 63.5 cm³/mol. The molecule has 0 aliphatic rings. The lowest BCUT2D eigenvalue weighted by Gasteiger charge is -2.12. The van der Waals surface area contributed by atoms with Crippen LogP contribution in [0.5, 0.6) is 0 Å². The molecule has 0 aliphatic carbocycles. The number of carboxylic acids is 1. The van der Waals surface area contributed by atoms with E-state index in [9.17, 15) is 13.2 Å². The summed E-state index contributed by atoms with van der Waals surface area (Å²) in [7, 11) is -3.78. The molecule has 0 radical (unpaired) electrons. The average Bonchev–Trinajstić information content (AvgIpc) is 2.64. The maximum absolute atomic E-state index is 11.8. The van der Waals surface area contributed by atoms with E-state index < -0.39 is 22.0 Å². The third-order valence-electron chi connectivity index (χ3n) is 2.04.